The summed E-state index contributed by atoms with van der Waals surface area (Å²) in [5.74, 6) is 1.55. The largest absolute Gasteiger partial charge is 0.497 e. The molecule has 0 radical (unpaired) electrons. The molecule has 156 valence electrons. The molecular formula is C25H28N2O3. The molecule has 0 bridgehead atoms. The summed E-state index contributed by atoms with van der Waals surface area (Å²) in [6, 6.07) is 14.6. The van der Waals surface area contributed by atoms with Crippen LogP contribution in [0.4, 0.5) is 0 Å². The van der Waals surface area contributed by atoms with Gasteiger partial charge in [0.1, 0.15) is 17.1 Å². The zero-order valence-electron chi connectivity index (χ0n) is 17.4. The minimum atomic E-state index is -0.508. The second-order valence-corrected chi connectivity index (χ2v) is 8.94. The predicted molar refractivity (Wildman–Crippen MR) is 114 cm³/mol. The Bertz CT molecular complexity index is 988. The average molecular weight is 405 g/mol. The van der Waals surface area contributed by atoms with Gasteiger partial charge in [-0.15, -0.1) is 0 Å². The first kappa shape index (κ1) is 19.4. The van der Waals surface area contributed by atoms with Crippen LogP contribution in [0, 0.1) is 11.3 Å². The Balaban J connectivity index is 1.26. The van der Waals surface area contributed by atoms with Crippen LogP contribution in [0.2, 0.25) is 0 Å². The van der Waals surface area contributed by atoms with E-state index in [0.29, 0.717) is 12.5 Å². The van der Waals surface area contributed by atoms with Crippen molar-refractivity contribution in [2.24, 2.45) is 0 Å². The van der Waals surface area contributed by atoms with Crippen molar-refractivity contribution in [2.75, 3.05) is 20.2 Å². The highest BCUT2D eigenvalue weighted by Gasteiger charge is 2.44. The smallest absolute Gasteiger partial charge is 0.126 e. The highest BCUT2D eigenvalue weighted by Crippen LogP contribution is 2.45. The van der Waals surface area contributed by atoms with Crippen molar-refractivity contribution >= 4 is 0 Å². The second-order valence-electron chi connectivity index (χ2n) is 8.94. The molecule has 1 saturated heterocycles. The molecule has 2 aliphatic heterocycles. The lowest BCUT2D eigenvalue weighted by molar-refractivity contribution is -0.0609. The highest BCUT2D eigenvalue weighted by molar-refractivity contribution is 5.44. The summed E-state index contributed by atoms with van der Waals surface area (Å²) in [6.07, 6.45) is 5.25. The first-order chi connectivity index (χ1) is 14.6. The molecule has 0 saturated carbocycles. The van der Waals surface area contributed by atoms with Gasteiger partial charge in [-0.2, -0.15) is 5.26 Å². The number of ether oxygens (including phenoxy) is 2. The van der Waals surface area contributed by atoms with E-state index < -0.39 is 6.10 Å². The molecule has 5 nitrogen and oxygen atoms in total. The molecule has 1 N–H and O–H groups in total. The molecule has 5 heteroatoms. The Morgan fingerprint density at radius 3 is 2.77 bits per heavy atom. The van der Waals surface area contributed by atoms with Gasteiger partial charge >= 0.3 is 0 Å². The van der Waals surface area contributed by atoms with Gasteiger partial charge in [0.25, 0.3) is 0 Å². The van der Waals surface area contributed by atoms with E-state index in [9.17, 15) is 5.11 Å². The molecule has 3 aliphatic rings. The van der Waals surface area contributed by atoms with E-state index in [1.165, 1.54) is 11.1 Å². The first-order valence-corrected chi connectivity index (χ1v) is 10.9. The monoisotopic (exact) mass is 404 g/mol. The van der Waals surface area contributed by atoms with Gasteiger partial charge in [0.15, 0.2) is 0 Å². The summed E-state index contributed by atoms with van der Waals surface area (Å²) >= 11 is 0. The number of hydrogen-bond acceptors (Lipinski definition) is 5. The van der Waals surface area contributed by atoms with Gasteiger partial charge in [-0.25, -0.2) is 0 Å². The molecule has 2 atom stereocenters. The van der Waals surface area contributed by atoms with Crippen molar-refractivity contribution in [3.05, 3.63) is 58.7 Å². The number of aliphatic hydroxyl groups excluding tert-OH is 1. The van der Waals surface area contributed by atoms with Crippen LogP contribution in [0.5, 0.6) is 11.5 Å². The van der Waals surface area contributed by atoms with E-state index in [-0.39, 0.29) is 5.60 Å². The number of nitriles is 1. The number of piperidine rings is 1. The molecule has 1 fully saturated rings. The third-order valence-corrected chi connectivity index (χ3v) is 7.23. The van der Waals surface area contributed by atoms with E-state index in [0.717, 1.165) is 67.8 Å². The van der Waals surface area contributed by atoms with Gasteiger partial charge in [-0.3, -0.25) is 4.90 Å². The molecule has 2 aromatic carbocycles. The summed E-state index contributed by atoms with van der Waals surface area (Å²) in [7, 11) is 1.64. The van der Waals surface area contributed by atoms with Crippen LogP contribution in [0.25, 0.3) is 0 Å². The van der Waals surface area contributed by atoms with E-state index in [1.807, 2.05) is 24.3 Å². The number of methoxy groups -OCH3 is 1. The SMILES string of the molecule is COc1ccc2c(c1)C(O)CC1(CCN(C3CCc4cc(C#N)ccc4C3)CC1)O2. The minimum absolute atomic E-state index is 0.272. The fraction of sp³-hybridized carbons (Fsp3) is 0.480. The van der Waals surface area contributed by atoms with Crippen molar-refractivity contribution < 1.29 is 14.6 Å². The van der Waals surface area contributed by atoms with Gasteiger partial charge in [-0.1, -0.05) is 6.07 Å². The number of fused-ring (bicyclic) bond motifs is 2. The standard InChI is InChI=1S/C25H28N2O3/c1-29-21-6-7-24-22(14-21)23(28)15-25(30-24)8-10-27(11-9-25)20-5-4-18-12-17(16-26)2-3-19(18)13-20/h2-3,6-7,12,14,20,23,28H,4-5,8-11,13,15H2,1H3. The highest BCUT2D eigenvalue weighted by atomic mass is 16.5. The molecule has 0 aromatic heterocycles. The molecule has 2 aromatic rings. The lowest BCUT2D eigenvalue weighted by Gasteiger charge is -2.48. The number of hydrogen-bond donors (Lipinski definition) is 1. The zero-order chi connectivity index (χ0) is 20.7. The summed E-state index contributed by atoms with van der Waals surface area (Å²) < 4.78 is 11.8. The Kier molecular flexibility index (Phi) is 4.92. The van der Waals surface area contributed by atoms with Crippen LogP contribution in [0.1, 0.15) is 54.0 Å². The van der Waals surface area contributed by atoms with Crippen molar-refractivity contribution in [1.29, 1.82) is 5.26 Å². The third kappa shape index (κ3) is 3.45. The van der Waals surface area contributed by atoms with Crippen LogP contribution in [0.15, 0.2) is 36.4 Å². The van der Waals surface area contributed by atoms with Gasteiger partial charge in [0.2, 0.25) is 0 Å². The van der Waals surface area contributed by atoms with Crippen molar-refractivity contribution in [1.82, 2.24) is 4.90 Å². The number of likely N-dealkylation sites (tertiary alicyclic amines) is 1. The van der Waals surface area contributed by atoms with Crippen LogP contribution in [0.3, 0.4) is 0 Å². The maximum atomic E-state index is 10.8. The quantitative estimate of drug-likeness (QED) is 0.825. The summed E-state index contributed by atoms with van der Waals surface area (Å²) in [5.41, 5.74) is 4.05. The average Bonchev–Trinajstić information content (AvgIpc) is 2.78. The Labute approximate surface area is 177 Å². The van der Waals surface area contributed by atoms with E-state index in [4.69, 9.17) is 14.7 Å². The van der Waals surface area contributed by atoms with Crippen LogP contribution in [-0.2, 0) is 12.8 Å². The number of nitrogens with zero attached hydrogens (tertiary/aromatic N) is 2. The molecule has 0 amide bonds. The summed E-state index contributed by atoms with van der Waals surface area (Å²) in [6.45, 7) is 1.99. The summed E-state index contributed by atoms with van der Waals surface area (Å²) in [4.78, 5) is 2.60. The van der Waals surface area contributed by atoms with Gasteiger partial charge in [0.05, 0.1) is 24.8 Å². The second kappa shape index (κ2) is 7.61. The van der Waals surface area contributed by atoms with Crippen molar-refractivity contribution in [3.63, 3.8) is 0 Å². The maximum Gasteiger partial charge on any atom is 0.126 e. The van der Waals surface area contributed by atoms with E-state index in [1.54, 1.807) is 7.11 Å². The Morgan fingerprint density at radius 2 is 2.00 bits per heavy atom. The third-order valence-electron chi connectivity index (χ3n) is 7.23. The van der Waals surface area contributed by atoms with Gasteiger partial charge < -0.3 is 14.6 Å². The predicted octanol–water partition coefficient (Wildman–Crippen LogP) is 3.77. The lowest BCUT2D eigenvalue weighted by atomic mass is 9.80. The molecule has 5 rings (SSSR count). The van der Waals surface area contributed by atoms with E-state index >= 15 is 0 Å². The topological polar surface area (TPSA) is 65.7 Å². The van der Waals surface area contributed by atoms with Crippen molar-refractivity contribution in [3.8, 4) is 17.6 Å². The zero-order valence-corrected chi connectivity index (χ0v) is 17.4. The van der Waals surface area contributed by atoms with Gasteiger partial charge in [-0.05, 0) is 73.6 Å². The molecular weight excluding hydrogens is 376 g/mol. The molecule has 1 spiro atoms. The number of aliphatic hydroxyl groups is 1. The number of aryl methyl sites for hydroxylation is 1. The molecule has 2 unspecified atom stereocenters. The molecule has 1 aliphatic carbocycles. The van der Waals surface area contributed by atoms with Crippen molar-refractivity contribution in [2.45, 2.75) is 56.3 Å². The summed E-state index contributed by atoms with van der Waals surface area (Å²) in [5, 5.41) is 19.9. The van der Waals surface area contributed by atoms with Gasteiger partial charge in [0, 0.05) is 31.1 Å². The fourth-order valence-electron chi connectivity index (χ4n) is 5.46. The Hall–Kier alpha value is -2.55. The lowest BCUT2D eigenvalue weighted by Crippen LogP contribution is -2.53. The maximum absolute atomic E-state index is 10.8. The van der Waals surface area contributed by atoms with Crippen LogP contribution >= 0.6 is 0 Å². The molecule has 2 heterocycles. The molecule has 30 heavy (non-hydrogen) atoms. The number of rotatable bonds is 2. The van der Waals surface area contributed by atoms with Crippen LogP contribution < -0.4 is 9.47 Å². The van der Waals surface area contributed by atoms with Crippen LogP contribution in [-0.4, -0.2) is 41.8 Å². The van der Waals surface area contributed by atoms with E-state index in [2.05, 4.69) is 23.1 Å². The normalized spacial score (nSPS) is 25.0. The Morgan fingerprint density at radius 1 is 1.17 bits per heavy atom. The first-order valence-electron chi connectivity index (χ1n) is 10.9. The number of benzene rings is 2. The minimum Gasteiger partial charge on any atom is -0.497 e. The fourth-order valence-corrected chi connectivity index (χ4v) is 5.46.